The summed E-state index contributed by atoms with van der Waals surface area (Å²) in [4.78, 5) is 6.69. The lowest BCUT2D eigenvalue weighted by Crippen LogP contribution is -2.55. The van der Waals surface area contributed by atoms with Gasteiger partial charge in [0, 0.05) is 32.0 Å². The van der Waals surface area contributed by atoms with Gasteiger partial charge in [0.15, 0.2) is 0 Å². The topological polar surface area (TPSA) is 37.4 Å². The lowest BCUT2D eigenvalue weighted by Gasteiger charge is -2.45. The van der Waals surface area contributed by atoms with Gasteiger partial charge in [-0.3, -0.25) is 9.88 Å². The molecule has 1 spiro atoms. The molecule has 0 atom stereocenters. The summed E-state index contributed by atoms with van der Waals surface area (Å²) in [6.45, 7) is 6.11. The van der Waals surface area contributed by atoms with Crippen LogP contribution < -0.4 is 5.32 Å². The number of hydrogen-bond donors (Lipinski definition) is 1. The predicted molar refractivity (Wildman–Crippen MR) is 70.3 cm³/mol. The Labute approximate surface area is 108 Å². The quantitative estimate of drug-likeness (QED) is 0.847. The Morgan fingerprint density at radius 3 is 3.06 bits per heavy atom. The van der Waals surface area contributed by atoms with Gasteiger partial charge in [-0.15, -0.1) is 0 Å². The smallest absolute Gasteiger partial charge is 0.0833 e. The van der Waals surface area contributed by atoms with Crippen LogP contribution >= 0.6 is 0 Å². The molecule has 0 radical (unpaired) electrons. The maximum atomic E-state index is 6.08. The number of rotatable bonds is 2. The van der Waals surface area contributed by atoms with Crippen molar-refractivity contribution < 1.29 is 4.74 Å². The van der Waals surface area contributed by atoms with Gasteiger partial charge in [-0.25, -0.2) is 0 Å². The van der Waals surface area contributed by atoms with Crippen LogP contribution in [-0.2, 0) is 11.3 Å². The summed E-state index contributed by atoms with van der Waals surface area (Å²) >= 11 is 0. The molecule has 2 aliphatic heterocycles. The second-order valence-electron chi connectivity index (χ2n) is 5.35. The average molecular weight is 247 g/mol. The van der Waals surface area contributed by atoms with Gasteiger partial charge in [0.25, 0.3) is 0 Å². The van der Waals surface area contributed by atoms with E-state index in [9.17, 15) is 0 Å². The van der Waals surface area contributed by atoms with Gasteiger partial charge in [0.1, 0.15) is 0 Å². The molecule has 98 valence electrons. The third-order valence-corrected chi connectivity index (χ3v) is 3.97. The first-order chi connectivity index (χ1) is 8.86. The van der Waals surface area contributed by atoms with Gasteiger partial charge in [-0.05, 0) is 37.6 Å². The summed E-state index contributed by atoms with van der Waals surface area (Å²) in [5.41, 5.74) is 1.40. The fraction of sp³-hybridized carbons (Fsp3) is 0.643. The monoisotopic (exact) mass is 247 g/mol. The van der Waals surface area contributed by atoms with E-state index in [1.54, 1.807) is 0 Å². The number of aromatic nitrogens is 1. The molecule has 2 fully saturated rings. The Kier molecular flexibility index (Phi) is 3.59. The molecule has 0 unspecified atom stereocenters. The zero-order chi connectivity index (χ0) is 12.3. The van der Waals surface area contributed by atoms with Crippen molar-refractivity contribution in [3.8, 4) is 0 Å². The third kappa shape index (κ3) is 2.71. The molecule has 1 N–H and O–H groups in total. The first-order valence-electron chi connectivity index (χ1n) is 6.82. The molecule has 0 bridgehead atoms. The van der Waals surface area contributed by atoms with E-state index in [1.165, 1.54) is 5.56 Å². The zero-order valence-corrected chi connectivity index (χ0v) is 10.8. The minimum Gasteiger partial charge on any atom is -0.372 e. The Hall–Kier alpha value is -0.970. The van der Waals surface area contributed by atoms with Gasteiger partial charge in [0.05, 0.1) is 12.2 Å². The SMILES string of the molecule is c1cncc(CN2CCOC3(CCNCC3)C2)c1. The Morgan fingerprint density at radius 1 is 1.39 bits per heavy atom. The highest BCUT2D eigenvalue weighted by Crippen LogP contribution is 2.28. The molecule has 18 heavy (non-hydrogen) atoms. The number of nitrogens with zero attached hydrogens (tertiary/aromatic N) is 2. The van der Waals surface area contributed by atoms with Gasteiger partial charge in [-0.1, -0.05) is 6.07 Å². The standard InChI is InChI=1S/C14H21N3O/c1-2-13(10-16-5-1)11-17-8-9-18-14(12-17)3-6-15-7-4-14/h1-2,5,10,15H,3-4,6-9,11-12H2. The van der Waals surface area contributed by atoms with Crippen LogP contribution in [0.25, 0.3) is 0 Å². The van der Waals surface area contributed by atoms with Crippen molar-refractivity contribution in [2.75, 3.05) is 32.8 Å². The van der Waals surface area contributed by atoms with Crippen molar-refractivity contribution in [1.82, 2.24) is 15.2 Å². The maximum absolute atomic E-state index is 6.08. The molecule has 4 heteroatoms. The van der Waals surface area contributed by atoms with E-state index in [0.29, 0.717) is 0 Å². The summed E-state index contributed by atoms with van der Waals surface area (Å²) in [5, 5.41) is 3.41. The minimum absolute atomic E-state index is 0.103. The van der Waals surface area contributed by atoms with E-state index in [-0.39, 0.29) is 5.60 Å². The molecular weight excluding hydrogens is 226 g/mol. The average Bonchev–Trinajstić information content (AvgIpc) is 2.41. The summed E-state index contributed by atoms with van der Waals surface area (Å²) in [6, 6.07) is 4.16. The van der Waals surface area contributed by atoms with Crippen LogP contribution in [0, 0.1) is 0 Å². The van der Waals surface area contributed by atoms with Crippen molar-refractivity contribution in [2.24, 2.45) is 0 Å². The van der Waals surface area contributed by atoms with Crippen molar-refractivity contribution in [2.45, 2.75) is 25.0 Å². The van der Waals surface area contributed by atoms with Crippen LogP contribution in [0.4, 0.5) is 0 Å². The van der Waals surface area contributed by atoms with Crippen molar-refractivity contribution in [3.63, 3.8) is 0 Å². The third-order valence-electron chi connectivity index (χ3n) is 3.97. The lowest BCUT2D eigenvalue weighted by molar-refractivity contribution is -0.125. The molecule has 4 nitrogen and oxygen atoms in total. The summed E-state index contributed by atoms with van der Waals surface area (Å²) < 4.78 is 6.08. The predicted octanol–water partition coefficient (Wildman–Crippen LogP) is 1.04. The van der Waals surface area contributed by atoms with E-state index < -0.39 is 0 Å². The molecule has 0 aromatic carbocycles. The number of ether oxygens (including phenoxy) is 1. The summed E-state index contributed by atoms with van der Waals surface area (Å²) in [6.07, 6.45) is 6.06. The van der Waals surface area contributed by atoms with Crippen molar-refractivity contribution in [3.05, 3.63) is 30.1 Å². The van der Waals surface area contributed by atoms with Crippen LogP contribution in [0.1, 0.15) is 18.4 Å². The molecule has 0 saturated carbocycles. The largest absolute Gasteiger partial charge is 0.372 e. The Balaban J connectivity index is 1.63. The Morgan fingerprint density at radius 2 is 2.28 bits per heavy atom. The number of piperidine rings is 1. The zero-order valence-electron chi connectivity index (χ0n) is 10.8. The fourth-order valence-electron chi connectivity index (χ4n) is 2.99. The van der Waals surface area contributed by atoms with Crippen LogP contribution in [0.15, 0.2) is 24.5 Å². The first kappa shape index (κ1) is 12.1. The van der Waals surface area contributed by atoms with Gasteiger partial charge in [-0.2, -0.15) is 0 Å². The highest BCUT2D eigenvalue weighted by Gasteiger charge is 2.37. The van der Waals surface area contributed by atoms with E-state index in [2.05, 4.69) is 21.3 Å². The van der Waals surface area contributed by atoms with Crippen LogP contribution in [0.2, 0.25) is 0 Å². The maximum Gasteiger partial charge on any atom is 0.0833 e. The van der Waals surface area contributed by atoms with Crippen LogP contribution in [0.3, 0.4) is 0 Å². The molecule has 1 aromatic rings. The van der Waals surface area contributed by atoms with Crippen LogP contribution in [-0.4, -0.2) is 48.3 Å². The molecular formula is C14H21N3O. The summed E-state index contributed by atoms with van der Waals surface area (Å²) in [7, 11) is 0. The Bertz CT molecular complexity index is 370. The van der Waals surface area contributed by atoms with Crippen molar-refractivity contribution in [1.29, 1.82) is 0 Å². The molecule has 2 aliphatic rings. The number of morpholine rings is 1. The molecule has 3 rings (SSSR count). The fourth-order valence-corrected chi connectivity index (χ4v) is 2.99. The van der Waals surface area contributed by atoms with E-state index in [0.717, 1.165) is 52.2 Å². The van der Waals surface area contributed by atoms with Gasteiger partial charge < -0.3 is 10.1 Å². The first-order valence-corrected chi connectivity index (χ1v) is 6.82. The number of hydrogen-bond acceptors (Lipinski definition) is 4. The normalized spacial score (nSPS) is 24.2. The second-order valence-corrected chi connectivity index (χ2v) is 5.35. The lowest BCUT2D eigenvalue weighted by atomic mass is 9.90. The van der Waals surface area contributed by atoms with Gasteiger partial charge in [0.2, 0.25) is 0 Å². The second kappa shape index (κ2) is 5.34. The molecule has 1 aromatic heterocycles. The highest BCUT2D eigenvalue weighted by molar-refractivity contribution is 5.08. The minimum atomic E-state index is 0.103. The van der Waals surface area contributed by atoms with Crippen molar-refractivity contribution >= 4 is 0 Å². The van der Waals surface area contributed by atoms with E-state index in [4.69, 9.17) is 4.74 Å². The number of pyridine rings is 1. The number of nitrogens with one attached hydrogen (secondary N) is 1. The highest BCUT2D eigenvalue weighted by atomic mass is 16.5. The van der Waals surface area contributed by atoms with Gasteiger partial charge >= 0.3 is 0 Å². The molecule has 0 aliphatic carbocycles. The van der Waals surface area contributed by atoms with E-state index in [1.807, 2.05) is 18.5 Å². The van der Waals surface area contributed by atoms with Crippen LogP contribution in [0.5, 0.6) is 0 Å². The molecule has 3 heterocycles. The van der Waals surface area contributed by atoms with E-state index >= 15 is 0 Å². The molecule has 0 amide bonds. The molecule has 2 saturated heterocycles. The summed E-state index contributed by atoms with van der Waals surface area (Å²) in [5.74, 6) is 0.